The van der Waals surface area contributed by atoms with Crippen LogP contribution in [0.15, 0.2) is 30.4 Å². The Morgan fingerprint density at radius 3 is 2.45 bits per heavy atom. The van der Waals surface area contributed by atoms with Crippen molar-refractivity contribution >= 4 is 41.1 Å². The quantitative estimate of drug-likeness (QED) is 0.304. The molecule has 0 aliphatic carbocycles. The third-order valence-electron chi connectivity index (χ3n) is 7.15. The van der Waals surface area contributed by atoms with Crippen LogP contribution in [-0.4, -0.2) is 106 Å². The lowest BCUT2D eigenvalue weighted by atomic mass is 10.0. The first-order valence-electron chi connectivity index (χ1n) is 13.5. The van der Waals surface area contributed by atoms with Crippen LogP contribution < -0.4 is 5.32 Å². The first-order chi connectivity index (χ1) is 20.0. The smallest absolute Gasteiger partial charge is 0.328 e. The van der Waals surface area contributed by atoms with Crippen molar-refractivity contribution in [3.63, 3.8) is 0 Å². The van der Waals surface area contributed by atoms with Crippen molar-refractivity contribution in [2.75, 3.05) is 51.3 Å². The summed E-state index contributed by atoms with van der Waals surface area (Å²) in [5, 5.41) is 29.0. The molecule has 2 aromatic rings. The van der Waals surface area contributed by atoms with Gasteiger partial charge in [-0.2, -0.15) is 0 Å². The number of H-pyrrole nitrogens is 1. The average molecular weight is 585 g/mol. The van der Waals surface area contributed by atoms with Crippen LogP contribution in [0.2, 0.25) is 0 Å². The number of fused-ring (bicyclic) bond motifs is 2. The monoisotopic (exact) mass is 584 g/mol. The molecule has 5 rings (SSSR count). The van der Waals surface area contributed by atoms with E-state index in [-0.39, 0.29) is 18.4 Å². The standard InChI is InChI=1S/C25H29FN4O4.C4H4O4/c1-15-22(12-19-18-11-16(26)4-5-20(18)28-24(19)32)27-21-3-2-6-30(25(33)23(15)21)14-17(31)13-29-7-9-34-10-8-29;5-3(6)1-2-4(7)8/h4-5,11-12,17,27,31H,2-3,6-10,13-14H2,1H3,(H,28,32);1-2H,(H,5,6)(H,7,8)/t17-;/m1./s1. The zero-order chi connectivity index (χ0) is 30.4. The molecule has 1 saturated heterocycles. The van der Waals surface area contributed by atoms with Crippen LogP contribution in [0.1, 0.15) is 39.3 Å². The molecule has 12 nitrogen and oxygen atoms in total. The number of carbonyl (C=O) groups is 4. The number of ether oxygens (including phenoxy) is 1. The number of rotatable bonds is 7. The SMILES string of the molecule is Cc1c(C=C2C(=O)Nc3ccc(F)cc32)[nH]c2c1C(=O)N(C[C@H](O)CN1CCOCC1)CCC2.O=C(O)C=CC(=O)O. The fraction of sp³-hybridized carbons (Fsp3) is 0.379. The van der Waals surface area contributed by atoms with Crippen molar-refractivity contribution in [2.45, 2.75) is 25.9 Å². The van der Waals surface area contributed by atoms with Gasteiger partial charge in [-0.05, 0) is 49.6 Å². The zero-order valence-corrected chi connectivity index (χ0v) is 23.1. The molecule has 1 atom stereocenters. The number of aryl methyl sites for hydroxylation is 1. The number of hydrogen-bond acceptors (Lipinski definition) is 7. The largest absolute Gasteiger partial charge is 0.478 e. The summed E-state index contributed by atoms with van der Waals surface area (Å²) in [6.07, 6.45) is 3.63. The summed E-state index contributed by atoms with van der Waals surface area (Å²) in [7, 11) is 0. The molecule has 0 bridgehead atoms. The second-order valence-electron chi connectivity index (χ2n) is 10.2. The molecule has 0 unspecified atom stereocenters. The number of anilines is 1. The van der Waals surface area contributed by atoms with Crippen molar-refractivity contribution in [3.05, 3.63) is 64.2 Å². The van der Waals surface area contributed by atoms with E-state index in [1.807, 2.05) is 6.92 Å². The minimum Gasteiger partial charge on any atom is -0.478 e. The molecule has 42 heavy (non-hydrogen) atoms. The molecule has 2 amide bonds. The lowest BCUT2D eigenvalue weighted by molar-refractivity contribution is -0.134. The number of nitrogens with one attached hydrogen (secondary N) is 2. The van der Waals surface area contributed by atoms with E-state index in [0.717, 1.165) is 30.8 Å². The van der Waals surface area contributed by atoms with Crippen molar-refractivity contribution in [3.8, 4) is 0 Å². The van der Waals surface area contributed by atoms with Gasteiger partial charge in [0, 0.05) is 67.5 Å². The van der Waals surface area contributed by atoms with Crippen molar-refractivity contribution in [1.29, 1.82) is 0 Å². The first-order valence-corrected chi connectivity index (χ1v) is 13.5. The number of aliphatic carboxylic acids is 2. The molecular weight excluding hydrogens is 551 g/mol. The number of benzene rings is 1. The predicted octanol–water partition coefficient (Wildman–Crippen LogP) is 1.75. The Bertz CT molecular complexity index is 1410. The van der Waals surface area contributed by atoms with Crippen LogP contribution in [-0.2, 0) is 25.5 Å². The number of amides is 2. The van der Waals surface area contributed by atoms with E-state index >= 15 is 0 Å². The third-order valence-corrected chi connectivity index (χ3v) is 7.15. The number of aliphatic hydroxyl groups excluding tert-OH is 1. The van der Waals surface area contributed by atoms with E-state index in [1.54, 1.807) is 17.0 Å². The molecule has 3 aliphatic heterocycles. The average Bonchev–Trinajstić information content (AvgIpc) is 3.36. The van der Waals surface area contributed by atoms with Gasteiger partial charge < -0.3 is 35.3 Å². The van der Waals surface area contributed by atoms with Crippen molar-refractivity contribution in [1.82, 2.24) is 14.8 Å². The molecule has 0 saturated carbocycles. The van der Waals surface area contributed by atoms with Gasteiger partial charge in [0.25, 0.3) is 11.8 Å². The molecule has 13 heteroatoms. The van der Waals surface area contributed by atoms with Gasteiger partial charge in [0.15, 0.2) is 0 Å². The highest BCUT2D eigenvalue weighted by Gasteiger charge is 2.30. The summed E-state index contributed by atoms with van der Waals surface area (Å²) in [5.41, 5.74) is 4.28. The number of nitrogens with zero attached hydrogens (tertiary/aromatic N) is 2. The molecule has 224 valence electrons. The number of hydrogen-bond donors (Lipinski definition) is 5. The van der Waals surface area contributed by atoms with E-state index in [2.05, 4.69) is 15.2 Å². The summed E-state index contributed by atoms with van der Waals surface area (Å²) in [4.78, 5) is 52.3. The van der Waals surface area contributed by atoms with Gasteiger partial charge in [0.2, 0.25) is 0 Å². The highest BCUT2D eigenvalue weighted by Crippen LogP contribution is 2.35. The first kappa shape index (κ1) is 30.6. The minimum atomic E-state index is -1.26. The van der Waals surface area contributed by atoms with Crippen LogP contribution in [0.5, 0.6) is 0 Å². The number of halogens is 1. The molecule has 1 aromatic carbocycles. The van der Waals surface area contributed by atoms with Gasteiger partial charge in [-0.25, -0.2) is 14.0 Å². The van der Waals surface area contributed by atoms with Gasteiger partial charge >= 0.3 is 11.9 Å². The Kier molecular flexibility index (Phi) is 9.88. The number of aliphatic hydroxyl groups is 1. The highest BCUT2D eigenvalue weighted by atomic mass is 19.1. The van der Waals surface area contributed by atoms with Crippen molar-refractivity contribution < 1.29 is 43.6 Å². The van der Waals surface area contributed by atoms with Gasteiger partial charge in [-0.15, -0.1) is 0 Å². The van der Waals surface area contributed by atoms with Crippen LogP contribution in [0.3, 0.4) is 0 Å². The number of carboxylic acids is 2. The van der Waals surface area contributed by atoms with Gasteiger partial charge in [0.05, 0.1) is 30.5 Å². The summed E-state index contributed by atoms with van der Waals surface area (Å²) >= 11 is 0. The third kappa shape index (κ3) is 7.49. The Labute approximate surface area is 241 Å². The Morgan fingerprint density at radius 1 is 1.10 bits per heavy atom. The molecule has 4 heterocycles. The van der Waals surface area contributed by atoms with Crippen LogP contribution >= 0.6 is 0 Å². The number of carbonyl (C=O) groups excluding carboxylic acids is 2. The van der Waals surface area contributed by atoms with Crippen LogP contribution in [0.4, 0.5) is 10.1 Å². The molecule has 1 fully saturated rings. The number of carboxylic acid groups (broad SMARTS) is 2. The lowest BCUT2D eigenvalue weighted by Gasteiger charge is -2.31. The summed E-state index contributed by atoms with van der Waals surface area (Å²) in [5.74, 6) is -3.35. The highest BCUT2D eigenvalue weighted by molar-refractivity contribution is 6.34. The fourth-order valence-electron chi connectivity index (χ4n) is 5.17. The van der Waals surface area contributed by atoms with Gasteiger partial charge in [-0.1, -0.05) is 0 Å². The van der Waals surface area contributed by atoms with E-state index in [4.69, 9.17) is 14.9 Å². The number of aromatic nitrogens is 1. The Morgan fingerprint density at radius 2 is 1.79 bits per heavy atom. The second-order valence-corrected chi connectivity index (χ2v) is 10.2. The molecule has 0 radical (unpaired) electrons. The number of β-amino-alcohol motifs (C(OH)–C–C–N with tert-alkyl or cyclic N) is 1. The molecule has 0 spiro atoms. The maximum absolute atomic E-state index is 13.8. The summed E-state index contributed by atoms with van der Waals surface area (Å²) in [6.45, 7) is 6.10. The summed E-state index contributed by atoms with van der Waals surface area (Å²) in [6, 6.07) is 4.19. The molecular formula is C29H33FN4O8. The molecule has 3 aliphatic rings. The number of aromatic amines is 1. The zero-order valence-electron chi connectivity index (χ0n) is 23.1. The molecule has 1 aromatic heterocycles. The molecule has 5 N–H and O–H groups in total. The maximum atomic E-state index is 13.8. The Hall–Kier alpha value is -4.33. The van der Waals surface area contributed by atoms with Crippen LogP contribution in [0, 0.1) is 12.7 Å². The normalized spacial score (nSPS) is 18.6. The van der Waals surface area contributed by atoms with E-state index in [9.17, 15) is 28.7 Å². The predicted molar refractivity (Wildman–Crippen MR) is 150 cm³/mol. The van der Waals surface area contributed by atoms with Crippen molar-refractivity contribution in [2.24, 2.45) is 0 Å². The van der Waals surface area contributed by atoms with Gasteiger partial charge in [-0.3, -0.25) is 14.5 Å². The number of morpholine rings is 1. The Balaban J connectivity index is 0.000000446. The second kappa shape index (κ2) is 13.6. The topological polar surface area (TPSA) is 172 Å². The van der Waals surface area contributed by atoms with Crippen LogP contribution in [0.25, 0.3) is 11.6 Å². The fourth-order valence-corrected chi connectivity index (χ4v) is 5.17. The van der Waals surface area contributed by atoms with E-state index < -0.39 is 23.9 Å². The maximum Gasteiger partial charge on any atom is 0.328 e. The summed E-state index contributed by atoms with van der Waals surface area (Å²) < 4.78 is 19.2. The van der Waals surface area contributed by atoms with E-state index in [0.29, 0.717) is 73.0 Å². The minimum absolute atomic E-state index is 0.116. The van der Waals surface area contributed by atoms with Gasteiger partial charge in [0.1, 0.15) is 5.82 Å². The lowest BCUT2D eigenvalue weighted by Crippen LogP contribution is -2.46. The van der Waals surface area contributed by atoms with E-state index in [1.165, 1.54) is 12.1 Å².